The Morgan fingerprint density at radius 3 is 2.68 bits per heavy atom. The molecule has 1 aliphatic rings. The van der Waals surface area contributed by atoms with Gasteiger partial charge >= 0.3 is 5.97 Å². The molecule has 0 radical (unpaired) electrons. The van der Waals surface area contributed by atoms with Crippen LogP contribution < -0.4 is 10.6 Å². The molecule has 1 aromatic rings. The molecule has 1 fully saturated rings. The van der Waals surface area contributed by atoms with Crippen molar-refractivity contribution in [2.24, 2.45) is 5.92 Å². The zero-order chi connectivity index (χ0) is 15.9. The molecular weight excluding hydrogens is 280 g/mol. The van der Waals surface area contributed by atoms with Gasteiger partial charge in [-0.2, -0.15) is 0 Å². The molecule has 22 heavy (non-hydrogen) atoms. The third-order valence-corrected chi connectivity index (χ3v) is 4.14. The third kappa shape index (κ3) is 4.31. The van der Waals surface area contributed by atoms with Crippen molar-refractivity contribution in [1.29, 1.82) is 0 Å². The van der Waals surface area contributed by atoms with Crippen LogP contribution in [0.25, 0.3) is 0 Å². The van der Waals surface area contributed by atoms with E-state index in [1.807, 2.05) is 30.3 Å². The largest absolute Gasteiger partial charge is 0.469 e. The summed E-state index contributed by atoms with van der Waals surface area (Å²) in [6.07, 6.45) is 2.58. The van der Waals surface area contributed by atoms with E-state index in [4.69, 9.17) is 4.74 Å². The highest BCUT2D eigenvalue weighted by Gasteiger charge is 2.28. The standard InChI is InChI=1S/C17H24N2O3/c1-12(17(21)22-2)16(13-7-4-3-5-8-13)19-15(20)11-14-9-6-10-18-14/h3-5,7-8,12,14,16,18H,6,9-11H2,1-2H3,(H,19,20). The van der Waals surface area contributed by atoms with Crippen molar-refractivity contribution in [1.82, 2.24) is 10.6 Å². The topological polar surface area (TPSA) is 67.4 Å². The molecule has 120 valence electrons. The number of nitrogens with one attached hydrogen (secondary N) is 2. The predicted octanol–water partition coefficient (Wildman–Crippen LogP) is 1.80. The van der Waals surface area contributed by atoms with Crippen molar-refractivity contribution < 1.29 is 14.3 Å². The average molecular weight is 304 g/mol. The SMILES string of the molecule is COC(=O)C(C)C(NC(=O)CC1CCCN1)c1ccccc1. The highest BCUT2D eigenvalue weighted by atomic mass is 16.5. The molecule has 0 spiro atoms. The van der Waals surface area contributed by atoms with Crippen molar-refractivity contribution in [2.45, 2.75) is 38.3 Å². The molecule has 1 amide bonds. The summed E-state index contributed by atoms with van der Waals surface area (Å²) in [7, 11) is 1.37. The molecule has 5 heteroatoms. The first kappa shape index (κ1) is 16.5. The summed E-state index contributed by atoms with van der Waals surface area (Å²) in [5.74, 6) is -0.801. The molecule has 0 saturated carbocycles. The van der Waals surface area contributed by atoms with E-state index in [1.165, 1.54) is 7.11 Å². The van der Waals surface area contributed by atoms with Gasteiger partial charge in [-0.15, -0.1) is 0 Å². The van der Waals surface area contributed by atoms with E-state index in [9.17, 15) is 9.59 Å². The molecule has 1 heterocycles. The molecule has 3 atom stereocenters. The summed E-state index contributed by atoms with van der Waals surface area (Å²) in [4.78, 5) is 24.2. The van der Waals surface area contributed by atoms with Gasteiger partial charge in [-0.3, -0.25) is 9.59 Å². The molecule has 5 nitrogen and oxygen atoms in total. The van der Waals surface area contributed by atoms with E-state index in [-0.39, 0.29) is 24.0 Å². The lowest BCUT2D eigenvalue weighted by Gasteiger charge is -2.24. The first-order chi connectivity index (χ1) is 10.6. The van der Waals surface area contributed by atoms with Crippen LogP contribution in [0.5, 0.6) is 0 Å². The van der Waals surface area contributed by atoms with Crippen molar-refractivity contribution in [3.8, 4) is 0 Å². The lowest BCUT2D eigenvalue weighted by molar-refractivity contribution is -0.146. The van der Waals surface area contributed by atoms with Gasteiger partial charge in [0.1, 0.15) is 0 Å². The summed E-state index contributed by atoms with van der Waals surface area (Å²) < 4.78 is 4.83. The minimum Gasteiger partial charge on any atom is -0.469 e. The number of carbonyl (C=O) groups is 2. The third-order valence-electron chi connectivity index (χ3n) is 4.14. The fourth-order valence-corrected chi connectivity index (χ4v) is 2.87. The van der Waals surface area contributed by atoms with Gasteiger partial charge in [-0.25, -0.2) is 0 Å². The van der Waals surface area contributed by atoms with E-state index < -0.39 is 5.92 Å². The van der Waals surface area contributed by atoms with Crippen LogP contribution in [-0.2, 0) is 14.3 Å². The maximum atomic E-state index is 12.3. The Balaban J connectivity index is 2.06. The average Bonchev–Trinajstić information content (AvgIpc) is 3.05. The van der Waals surface area contributed by atoms with E-state index in [0.717, 1.165) is 24.9 Å². The van der Waals surface area contributed by atoms with Crippen LogP contribution in [0.15, 0.2) is 30.3 Å². The highest BCUT2D eigenvalue weighted by molar-refractivity contribution is 5.79. The van der Waals surface area contributed by atoms with Gasteiger partial charge in [0.15, 0.2) is 0 Å². The van der Waals surface area contributed by atoms with Gasteiger partial charge in [0.2, 0.25) is 5.91 Å². The number of ether oxygens (including phenoxy) is 1. The lowest BCUT2D eigenvalue weighted by Crippen LogP contribution is -2.38. The van der Waals surface area contributed by atoms with Gasteiger partial charge in [-0.05, 0) is 31.9 Å². The summed E-state index contributed by atoms with van der Waals surface area (Å²) in [6, 6.07) is 9.41. The predicted molar refractivity (Wildman–Crippen MR) is 84.1 cm³/mol. The second-order valence-corrected chi connectivity index (χ2v) is 5.77. The number of hydrogen-bond acceptors (Lipinski definition) is 4. The zero-order valence-corrected chi connectivity index (χ0v) is 13.2. The van der Waals surface area contributed by atoms with Gasteiger partial charge < -0.3 is 15.4 Å². The van der Waals surface area contributed by atoms with Gasteiger partial charge in [-0.1, -0.05) is 30.3 Å². The molecule has 0 aliphatic carbocycles. The smallest absolute Gasteiger partial charge is 0.310 e. The quantitative estimate of drug-likeness (QED) is 0.786. The van der Waals surface area contributed by atoms with E-state index in [2.05, 4.69) is 10.6 Å². The normalized spacial score (nSPS) is 20.2. The molecule has 3 unspecified atom stereocenters. The number of esters is 1. The Labute approximate surface area is 131 Å². The maximum Gasteiger partial charge on any atom is 0.310 e. The Kier molecular flexibility index (Phi) is 5.95. The molecule has 2 rings (SSSR count). The Morgan fingerprint density at radius 1 is 1.36 bits per heavy atom. The van der Waals surface area contributed by atoms with Crippen molar-refractivity contribution in [3.05, 3.63) is 35.9 Å². The fourth-order valence-electron chi connectivity index (χ4n) is 2.87. The molecule has 1 aliphatic heterocycles. The van der Waals surface area contributed by atoms with Crippen LogP contribution in [-0.4, -0.2) is 31.6 Å². The molecule has 0 bridgehead atoms. The van der Waals surface area contributed by atoms with Gasteiger partial charge in [0, 0.05) is 12.5 Å². The molecule has 1 aromatic carbocycles. The Hall–Kier alpha value is -1.88. The second-order valence-electron chi connectivity index (χ2n) is 5.77. The van der Waals surface area contributed by atoms with E-state index in [0.29, 0.717) is 6.42 Å². The number of hydrogen-bond donors (Lipinski definition) is 2. The summed E-state index contributed by atoms with van der Waals surface area (Å²) in [5.41, 5.74) is 0.910. The van der Waals surface area contributed by atoms with Crippen LogP contribution >= 0.6 is 0 Å². The van der Waals surface area contributed by atoms with E-state index >= 15 is 0 Å². The van der Waals surface area contributed by atoms with Crippen molar-refractivity contribution in [3.63, 3.8) is 0 Å². The first-order valence-corrected chi connectivity index (χ1v) is 7.77. The molecular formula is C17H24N2O3. The summed E-state index contributed by atoms with van der Waals surface area (Å²) in [6.45, 7) is 2.75. The number of methoxy groups -OCH3 is 1. The molecule has 2 N–H and O–H groups in total. The van der Waals surface area contributed by atoms with Crippen molar-refractivity contribution in [2.75, 3.05) is 13.7 Å². The fraction of sp³-hybridized carbons (Fsp3) is 0.529. The first-order valence-electron chi connectivity index (χ1n) is 7.77. The van der Waals surface area contributed by atoms with E-state index in [1.54, 1.807) is 6.92 Å². The highest BCUT2D eigenvalue weighted by Crippen LogP contribution is 2.23. The summed E-state index contributed by atoms with van der Waals surface area (Å²) in [5, 5.41) is 6.31. The van der Waals surface area contributed by atoms with Crippen LogP contribution in [0.1, 0.15) is 37.8 Å². The van der Waals surface area contributed by atoms with Gasteiger partial charge in [0.05, 0.1) is 19.1 Å². The minimum atomic E-state index is -0.437. The number of amides is 1. The van der Waals surface area contributed by atoms with Gasteiger partial charge in [0.25, 0.3) is 0 Å². The zero-order valence-electron chi connectivity index (χ0n) is 13.2. The van der Waals surface area contributed by atoms with Crippen LogP contribution in [0.4, 0.5) is 0 Å². The molecule has 1 saturated heterocycles. The lowest BCUT2D eigenvalue weighted by atomic mass is 9.94. The Bertz CT molecular complexity index is 498. The number of rotatable bonds is 6. The maximum absolute atomic E-state index is 12.3. The summed E-state index contributed by atoms with van der Waals surface area (Å²) >= 11 is 0. The minimum absolute atomic E-state index is 0.0380. The van der Waals surface area contributed by atoms with Crippen LogP contribution in [0.3, 0.4) is 0 Å². The van der Waals surface area contributed by atoms with Crippen LogP contribution in [0, 0.1) is 5.92 Å². The second kappa shape index (κ2) is 7.94. The van der Waals surface area contributed by atoms with Crippen LogP contribution in [0.2, 0.25) is 0 Å². The number of benzene rings is 1. The number of carbonyl (C=O) groups excluding carboxylic acids is 2. The Morgan fingerprint density at radius 2 is 2.09 bits per heavy atom. The molecule has 0 aromatic heterocycles. The monoisotopic (exact) mass is 304 g/mol. The van der Waals surface area contributed by atoms with Crippen molar-refractivity contribution >= 4 is 11.9 Å².